The van der Waals surface area contributed by atoms with Gasteiger partial charge in [-0.05, 0) is 37.6 Å². The molecule has 6 N–H and O–H groups in total. The van der Waals surface area contributed by atoms with Crippen LogP contribution < -0.4 is 21.3 Å². The monoisotopic (exact) mass is 456 g/mol. The van der Waals surface area contributed by atoms with Crippen LogP contribution in [0, 0.1) is 11.8 Å². The third-order valence-corrected chi connectivity index (χ3v) is 5.68. The number of amides is 3. The van der Waals surface area contributed by atoms with E-state index in [1.807, 2.05) is 6.92 Å². The molecule has 182 valence electrons. The molecule has 0 saturated carbocycles. The highest BCUT2D eigenvalue weighted by Crippen LogP contribution is 2.12. The summed E-state index contributed by atoms with van der Waals surface area (Å²) in [4.78, 5) is 60.7. The minimum atomic E-state index is -1.18. The normalized spacial score (nSPS) is 19.5. The quantitative estimate of drug-likeness (QED) is 0.222. The molecule has 32 heavy (non-hydrogen) atoms. The molecular formula is C21H36N4O7. The molecule has 0 aromatic rings. The van der Waals surface area contributed by atoms with Gasteiger partial charge in [-0.15, -0.1) is 0 Å². The minimum absolute atomic E-state index is 0.141. The van der Waals surface area contributed by atoms with Gasteiger partial charge in [-0.1, -0.05) is 34.1 Å². The van der Waals surface area contributed by atoms with Crippen molar-refractivity contribution in [2.24, 2.45) is 11.8 Å². The molecule has 1 rings (SSSR count). The fraction of sp³-hybridized carbons (Fsp3) is 0.762. The van der Waals surface area contributed by atoms with Crippen molar-refractivity contribution < 1.29 is 34.2 Å². The maximum Gasteiger partial charge on any atom is 0.326 e. The Balaban J connectivity index is 2.97. The highest BCUT2D eigenvalue weighted by atomic mass is 16.4. The van der Waals surface area contributed by atoms with Crippen molar-refractivity contribution in [3.63, 3.8) is 0 Å². The second-order valence-corrected chi connectivity index (χ2v) is 8.58. The fourth-order valence-electron chi connectivity index (χ4n) is 3.43. The molecule has 1 fully saturated rings. The summed E-state index contributed by atoms with van der Waals surface area (Å²) in [5.74, 6) is -4.72. The highest BCUT2D eigenvalue weighted by molar-refractivity contribution is 5.94. The average molecular weight is 457 g/mol. The molecule has 0 aromatic heterocycles. The lowest BCUT2D eigenvalue weighted by Gasteiger charge is -2.28. The second kappa shape index (κ2) is 13.0. The summed E-state index contributed by atoms with van der Waals surface area (Å²) in [6, 6.07) is -3.75. The van der Waals surface area contributed by atoms with Crippen LogP contribution in [0.5, 0.6) is 0 Å². The zero-order chi connectivity index (χ0) is 24.4. The standard InChI is InChI=1S/C21H36N4O7/c1-5-12(4)17(20(30)24-16(11(2)3)21(31)32)25-19(29)14(8-9-15(26)27)23-18(28)13-7-6-10-22-13/h11-14,16-17,22H,5-10H2,1-4H3,(H,23,28)(H,24,30)(H,25,29)(H,26,27)(H,31,32). The number of aliphatic carboxylic acids is 2. The lowest BCUT2D eigenvalue weighted by molar-refractivity contribution is -0.144. The summed E-state index contributed by atoms with van der Waals surface area (Å²) in [7, 11) is 0. The molecule has 0 aromatic carbocycles. The lowest BCUT2D eigenvalue weighted by Crippen LogP contribution is -2.59. The molecule has 1 saturated heterocycles. The van der Waals surface area contributed by atoms with Crippen LogP contribution in [0.1, 0.15) is 59.8 Å². The van der Waals surface area contributed by atoms with E-state index in [1.165, 1.54) is 0 Å². The Morgan fingerprint density at radius 1 is 0.969 bits per heavy atom. The van der Waals surface area contributed by atoms with Crippen molar-refractivity contribution in [3.05, 3.63) is 0 Å². The fourth-order valence-corrected chi connectivity index (χ4v) is 3.43. The minimum Gasteiger partial charge on any atom is -0.481 e. The van der Waals surface area contributed by atoms with E-state index >= 15 is 0 Å². The van der Waals surface area contributed by atoms with Crippen LogP contribution >= 0.6 is 0 Å². The van der Waals surface area contributed by atoms with Crippen molar-refractivity contribution in [2.45, 2.75) is 84.0 Å². The van der Waals surface area contributed by atoms with Gasteiger partial charge >= 0.3 is 11.9 Å². The Kier molecular flexibility index (Phi) is 11.1. The van der Waals surface area contributed by atoms with Gasteiger partial charge in [-0.25, -0.2) is 4.79 Å². The first kappa shape index (κ1) is 27.3. The number of carboxylic acid groups (broad SMARTS) is 2. The number of carbonyl (C=O) groups excluding carboxylic acids is 3. The van der Waals surface area contributed by atoms with Crippen molar-refractivity contribution in [3.8, 4) is 0 Å². The van der Waals surface area contributed by atoms with E-state index in [1.54, 1.807) is 20.8 Å². The Hall–Kier alpha value is -2.69. The SMILES string of the molecule is CCC(C)C(NC(=O)C(CCC(=O)O)NC(=O)C1CCCN1)C(=O)NC(C(=O)O)C(C)C. The predicted octanol–water partition coefficient (Wildman–Crippen LogP) is -0.156. The number of nitrogens with one attached hydrogen (secondary N) is 4. The van der Waals surface area contributed by atoms with Crippen LogP contribution in [-0.4, -0.2) is 70.6 Å². The maximum absolute atomic E-state index is 13.0. The molecule has 11 heteroatoms. The summed E-state index contributed by atoms with van der Waals surface area (Å²) in [6.07, 6.45) is 1.48. The summed E-state index contributed by atoms with van der Waals surface area (Å²) in [5, 5.41) is 29.0. The molecule has 1 aliphatic rings. The average Bonchev–Trinajstić information content (AvgIpc) is 3.26. The molecule has 1 heterocycles. The molecular weight excluding hydrogens is 420 g/mol. The molecule has 11 nitrogen and oxygen atoms in total. The van der Waals surface area contributed by atoms with Crippen LogP contribution in [0.25, 0.3) is 0 Å². The van der Waals surface area contributed by atoms with Crippen LogP contribution in [0.2, 0.25) is 0 Å². The van der Waals surface area contributed by atoms with Crippen LogP contribution in [0.4, 0.5) is 0 Å². The molecule has 1 aliphatic heterocycles. The summed E-state index contributed by atoms with van der Waals surface area (Å²) in [6.45, 7) is 7.56. The zero-order valence-electron chi connectivity index (χ0n) is 19.1. The Morgan fingerprint density at radius 2 is 1.59 bits per heavy atom. The summed E-state index contributed by atoms with van der Waals surface area (Å²) >= 11 is 0. The van der Waals surface area contributed by atoms with Gasteiger partial charge in [0.15, 0.2) is 0 Å². The van der Waals surface area contributed by atoms with E-state index in [2.05, 4.69) is 21.3 Å². The number of hydrogen-bond acceptors (Lipinski definition) is 6. The molecule has 0 aliphatic carbocycles. The number of carbonyl (C=O) groups is 5. The topological polar surface area (TPSA) is 174 Å². The Bertz CT molecular complexity index is 692. The number of carboxylic acids is 2. The maximum atomic E-state index is 13.0. The number of hydrogen-bond donors (Lipinski definition) is 6. The van der Waals surface area contributed by atoms with Gasteiger partial charge < -0.3 is 31.5 Å². The van der Waals surface area contributed by atoms with Gasteiger partial charge in [0.25, 0.3) is 0 Å². The number of rotatable bonds is 13. The van der Waals surface area contributed by atoms with Crippen molar-refractivity contribution >= 4 is 29.7 Å². The molecule has 0 spiro atoms. The van der Waals surface area contributed by atoms with E-state index < -0.39 is 53.8 Å². The lowest BCUT2D eigenvalue weighted by atomic mass is 9.96. The van der Waals surface area contributed by atoms with Gasteiger partial charge in [-0.3, -0.25) is 19.2 Å². The second-order valence-electron chi connectivity index (χ2n) is 8.58. The third-order valence-electron chi connectivity index (χ3n) is 5.68. The summed E-state index contributed by atoms with van der Waals surface area (Å²) < 4.78 is 0. The Labute approximate surface area is 188 Å². The third kappa shape index (κ3) is 8.45. The first-order valence-corrected chi connectivity index (χ1v) is 11.1. The first-order valence-electron chi connectivity index (χ1n) is 11.1. The van der Waals surface area contributed by atoms with Crippen LogP contribution in [-0.2, 0) is 24.0 Å². The highest BCUT2D eigenvalue weighted by Gasteiger charge is 2.34. The van der Waals surface area contributed by atoms with E-state index in [0.717, 1.165) is 6.42 Å². The van der Waals surface area contributed by atoms with Gasteiger partial charge in [0.2, 0.25) is 17.7 Å². The van der Waals surface area contributed by atoms with Gasteiger partial charge in [-0.2, -0.15) is 0 Å². The van der Waals surface area contributed by atoms with Gasteiger partial charge in [0.1, 0.15) is 18.1 Å². The smallest absolute Gasteiger partial charge is 0.326 e. The van der Waals surface area contributed by atoms with E-state index in [0.29, 0.717) is 19.4 Å². The van der Waals surface area contributed by atoms with Crippen molar-refractivity contribution in [1.29, 1.82) is 0 Å². The molecule has 0 radical (unpaired) electrons. The van der Waals surface area contributed by atoms with Gasteiger partial charge in [0, 0.05) is 6.42 Å². The van der Waals surface area contributed by atoms with Gasteiger partial charge in [0.05, 0.1) is 6.04 Å². The first-order chi connectivity index (χ1) is 15.0. The van der Waals surface area contributed by atoms with Crippen LogP contribution in [0.3, 0.4) is 0 Å². The predicted molar refractivity (Wildman–Crippen MR) is 116 cm³/mol. The molecule has 5 atom stereocenters. The van der Waals surface area contributed by atoms with E-state index in [-0.39, 0.29) is 24.7 Å². The van der Waals surface area contributed by atoms with Crippen LogP contribution in [0.15, 0.2) is 0 Å². The molecule has 5 unspecified atom stereocenters. The van der Waals surface area contributed by atoms with Crippen molar-refractivity contribution in [2.75, 3.05) is 6.54 Å². The van der Waals surface area contributed by atoms with E-state index in [4.69, 9.17) is 5.11 Å². The molecule has 3 amide bonds. The van der Waals surface area contributed by atoms with E-state index in [9.17, 15) is 29.1 Å². The van der Waals surface area contributed by atoms with Crippen molar-refractivity contribution in [1.82, 2.24) is 21.3 Å². The molecule has 0 bridgehead atoms. The Morgan fingerprint density at radius 3 is 2.06 bits per heavy atom. The summed E-state index contributed by atoms with van der Waals surface area (Å²) in [5.41, 5.74) is 0. The zero-order valence-corrected chi connectivity index (χ0v) is 19.1. The largest absolute Gasteiger partial charge is 0.481 e.